The number of nitrogens with one attached hydrogen (secondary N) is 1. The lowest BCUT2D eigenvalue weighted by Gasteiger charge is -2.27. The number of anilines is 1. The third-order valence-corrected chi connectivity index (χ3v) is 5.49. The van der Waals surface area contributed by atoms with E-state index in [1.54, 1.807) is 12.1 Å². The zero-order valence-electron chi connectivity index (χ0n) is 13.1. The van der Waals surface area contributed by atoms with Crippen LogP contribution in [0.4, 0.5) is 5.69 Å². The Labute approximate surface area is 128 Å². The zero-order valence-corrected chi connectivity index (χ0v) is 14.0. The molecule has 2 atom stereocenters. The molecule has 1 fully saturated rings. The van der Waals surface area contributed by atoms with E-state index in [9.17, 15) is 8.42 Å². The highest BCUT2D eigenvalue weighted by atomic mass is 32.2. The molecule has 0 bridgehead atoms. The molecule has 0 aliphatic heterocycles. The lowest BCUT2D eigenvalue weighted by molar-refractivity contribution is 0.293. The van der Waals surface area contributed by atoms with E-state index in [1.165, 1.54) is 25.7 Å². The highest BCUT2D eigenvalue weighted by Gasteiger charge is 2.19. The molecule has 4 nitrogen and oxygen atoms in total. The predicted molar refractivity (Wildman–Crippen MR) is 86.9 cm³/mol. The van der Waals surface area contributed by atoms with E-state index in [4.69, 9.17) is 5.14 Å². The summed E-state index contributed by atoms with van der Waals surface area (Å²) in [5, 5.41) is 8.68. The number of aryl methyl sites for hydroxylation is 1. The second kappa shape index (κ2) is 6.36. The second-order valence-corrected chi connectivity index (χ2v) is 8.04. The van der Waals surface area contributed by atoms with Gasteiger partial charge in [-0.1, -0.05) is 19.8 Å². The van der Waals surface area contributed by atoms with Crippen molar-refractivity contribution in [1.82, 2.24) is 0 Å². The van der Waals surface area contributed by atoms with E-state index in [-0.39, 0.29) is 4.90 Å². The summed E-state index contributed by atoms with van der Waals surface area (Å²) in [6, 6.07) is 3.29. The Hall–Kier alpha value is -1.07. The van der Waals surface area contributed by atoms with Crippen LogP contribution in [0.25, 0.3) is 0 Å². The normalized spacial score (nSPS) is 23.0. The Morgan fingerprint density at radius 1 is 1.29 bits per heavy atom. The molecule has 1 aliphatic carbocycles. The first kappa shape index (κ1) is 16.3. The van der Waals surface area contributed by atoms with Crippen LogP contribution in [0, 0.1) is 25.7 Å². The molecule has 0 radical (unpaired) electrons. The van der Waals surface area contributed by atoms with Gasteiger partial charge in [0.05, 0.1) is 4.90 Å². The van der Waals surface area contributed by atoms with Crippen LogP contribution < -0.4 is 10.5 Å². The number of benzene rings is 1. The maximum Gasteiger partial charge on any atom is 0.238 e. The molecule has 2 unspecified atom stereocenters. The zero-order chi connectivity index (χ0) is 15.6. The lowest BCUT2D eigenvalue weighted by Crippen LogP contribution is -2.21. The van der Waals surface area contributed by atoms with E-state index >= 15 is 0 Å². The van der Waals surface area contributed by atoms with Gasteiger partial charge in [-0.3, -0.25) is 0 Å². The van der Waals surface area contributed by atoms with Crippen molar-refractivity contribution in [2.24, 2.45) is 17.0 Å². The van der Waals surface area contributed by atoms with Crippen molar-refractivity contribution < 1.29 is 8.42 Å². The van der Waals surface area contributed by atoms with Gasteiger partial charge in [-0.15, -0.1) is 0 Å². The van der Waals surface area contributed by atoms with Gasteiger partial charge in [-0.05, 0) is 61.8 Å². The minimum atomic E-state index is -3.66. The SMILES string of the molecule is Cc1cc(S(N)(=O)=O)cc(NCC2CCCC(C)C2)c1C. The highest BCUT2D eigenvalue weighted by molar-refractivity contribution is 7.89. The van der Waals surface area contributed by atoms with Gasteiger partial charge >= 0.3 is 0 Å². The van der Waals surface area contributed by atoms with Gasteiger partial charge < -0.3 is 5.32 Å². The molecule has 118 valence electrons. The Kier molecular flexibility index (Phi) is 4.94. The Balaban J connectivity index is 2.14. The minimum Gasteiger partial charge on any atom is -0.385 e. The van der Waals surface area contributed by atoms with Crippen LogP contribution in [0.2, 0.25) is 0 Å². The smallest absolute Gasteiger partial charge is 0.238 e. The molecule has 5 heteroatoms. The molecule has 0 saturated heterocycles. The molecule has 0 spiro atoms. The van der Waals surface area contributed by atoms with Crippen LogP contribution in [0.3, 0.4) is 0 Å². The molecule has 1 aromatic carbocycles. The molecule has 2 rings (SSSR count). The number of hydrogen-bond donors (Lipinski definition) is 2. The van der Waals surface area contributed by atoms with Crippen LogP contribution >= 0.6 is 0 Å². The van der Waals surface area contributed by atoms with E-state index in [2.05, 4.69) is 12.2 Å². The average Bonchev–Trinajstić information content (AvgIpc) is 2.39. The summed E-state index contributed by atoms with van der Waals surface area (Å²) in [5.74, 6) is 1.47. The van der Waals surface area contributed by atoms with Crippen LogP contribution in [-0.2, 0) is 10.0 Å². The van der Waals surface area contributed by atoms with Crippen molar-refractivity contribution in [1.29, 1.82) is 0 Å². The molecular formula is C16H26N2O2S. The predicted octanol–water partition coefficient (Wildman–Crippen LogP) is 3.19. The van der Waals surface area contributed by atoms with Gasteiger partial charge in [0.1, 0.15) is 0 Å². The maximum atomic E-state index is 11.5. The summed E-state index contributed by atoms with van der Waals surface area (Å²) in [6.45, 7) is 7.13. The molecule has 0 heterocycles. The van der Waals surface area contributed by atoms with Gasteiger partial charge in [0.15, 0.2) is 0 Å². The van der Waals surface area contributed by atoms with Gasteiger partial charge in [0, 0.05) is 12.2 Å². The second-order valence-electron chi connectivity index (χ2n) is 6.48. The van der Waals surface area contributed by atoms with Gasteiger partial charge in [-0.25, -0.2) is 13.6 Å². The summed E-state index contributed by atoms with van der Waals surface area (Å²) in [4.78, 5) is 0.185. The van der Waals surface area contributed by atoms with Crippen molar-refractivity contribution in [3.8, 4) is 0 Å². The standard InChI is InChI=1S/C16H26N2O2S/c1-11-5-4-6-14(7-11)10-18-16-9-15(21(17,19)20)8-12(2)13(16)3/h8-9,11,14,18H,4-7,10H2,1-3H3,(H2,17,19,20). The van der Waals surface area contributed by atoms with E-state index in [0.29, 0.717) is 5.92 Å². The first-order chi connectivity index (χ1) is 9.77. The number of primary sulfonamides is 1. The molecule has 1 aromatic rings. The molecule has 21 heavy (non-hydrogen) atoms. The van der Waals surface area contributed by atoms with Crippen molar-refractivity contribution in [2.75, 3.05) is 11.9 Å². The minimum absolute atomic E-state index is 0.185. The Morgan fingerprint density at radius 2 is 2.00 bits per heavy atom. The molecule has 0 aromatic heterocycles. The Morgan fingerprint density at radius 3 is 2.62 bits per heavy atom. The van der Waals surface area contributed by atoms with Crippen molar-refractivity contribution >= 4 is 15.7 Å². The lowest BCUT2D eigenvalue weighted by atomic mass is 9.82. The summed E-state index contributed by atoms with van der Waals surface area (Å²) in [7, 11) is -3.66. The first-order valence-electron chi connectivity index (χ1n) is 7.65. The number of sulfonamides is 1. The average molecular weight is 310 g/mol. The summed E-state index contributed by atoms with van der Waals surface area (Å²) >= 11 is 0. The largest absolute Gasteiger partial charge is 0.385 e. The molecule has 1 saturated carbocycles. The number of rotatable bonds is 4. The van der Waals surface area contributed by atoms with Crippen LogP contribution in [0.15, 0.2) is 17.0 Å². The quantitative estimate of drug-likeness (QED) is 0.897. The van der Waals surface area contributed by atoms with Gasteiger partial charge in [-0.2, -0.15) is 0 Å². The van der Waals surface area contributed by atoms with Crippen LogP contribution in [0.5, 0.6) is 0 Å². The fraction of sp³-hybridized carbons (Fsp3) is 0.625. The molecular weight excluding hydrogens is 284 g/mol. The van der Waals surface area contributed by atoms with Crippen molar-refractivity contribution in [3.05, 3.63) is 23.3 Å². The third-order valence-electron chi connectivity index (χ3n) is 4.60. The van der Waals surface area contributed by atoms with Gasteiger partial charge in [0.2, 0.25) is 10.0 Å². The summed E-state index contributed by atoms with van der Waals surface area (Å²) in [5.41, 5.74) is 2.92. The summed E-state index contributed by atoms with van der Waals surface area (Å²) in [6.07, 6.45) is 5.13. The summed E-state index contributed by atoms with van der Waals surface area (Å²) < 4.78 is 23.1. The van der Waals surface area contributed by atoms with E-state index in [1.807, 2.05) is 13.8 Å². The fourth-order valence-electron chi connectivity index (χ4n) is 3.17. The third kappa shape index (κ3) is 4.20. The first-order valence-corrected chi connectivity index (χ1v) is 9.20. The molecule has 3 N–H and O–H groups in total. The number of nitrogens with two attached hydrogens (primary N) is 1. The van der Waals surface area contributed by atoms with Gasteiger partial charge in [0.25, 0.3) is 0 Å². The maximum absolute atomic E-state index is 11.5. The fourth-order valence-corrected chi connectivity index (χ4v) is 3.80. The molecule has 0 amide bonds. The van der Waals surface area contributed by atoms with E-state index in [0.717, 1.165) is 29.3 Å². The van der Waals surface area contributed by atoms with Crippen LogP contribution in [0.1, 0.15) is 43.7 Å². The number of hydrogen-bond acceptors (Lipinski definition) is 3. The van der Waals surface area contributed by atoms with E-state index < -0.39 is 10.0 Å². The Bertz CT molecular complexity index is 611. The topological polar surface area (TPSA) is 72.2 Å². The van der Waals surface area contributed by atoms with Crippen molar-refractivity contribution in [2.45, 2.75) is 51.3 Å². The highest BCUT2D eigenvalue weighted by Crippen LogP contribution is 2.30. The monoisotopic (exact) mass is 310 g/mol. The van der Waals surface area contributed by atoms with Crippen molar-refractivity contribution in [3.63, 3.8) is 0 Å². The van der Waals surface area contributed by atoms with Crippen LogP contribution in [-0.4, -0.2) is 15.0 Å². The molecule has 1 aliphatic rings.